The maximum atomic E-state index is 6.32. The molecule has 47 heavy (non-hydrogen) atoms. The van der Waals surface area contributed by atoms with Gasteiger partial charge >= 0.3 is 0 Å². The minimum Gasteiger partial charge on any atom is -0.376 e. The molecule has 0 spiro atoms. The normalized spacial score (nSPS) is 15.8. The van der Waals surface area contributed by atoms with Gasteiger partial charge < -0.3 is 4.74 Å². The van der Waals surface area contributed by atoms with E-state index in [2.05, 4.69) is 157 Å². The Bertz CT molecular complexity index is 1820. The molecule has 2 nitrogen and oxygen atoms in total. The molecule has 0 aromatic heterocycles. The van der Waals surface area contributed by atoms with Crippen LogP contribution < -0.4 is 0 Å². The zero-order valence-corrected chi connectivity index (χ0v) is 28.0. The first-order valence-corrected chi connectivity index (χ1v) is 16.8. The molecule has 3 heteroatoms. The van der Waals surface area contributed by atoms with Crippen molar-refractivity contribution in [2.45, 2.75) is 37.8 Å². The lowest BCUT2D eigenvalue weighted by Crippen LogP contribution is -2.36. The van der Waals surface area contributed by atoms with Gasteiger partial charge in [0.2, 0.25) is 0 Å². The molecule has 6 aromatic rings. The van der Waals surface area contributed by atoms with Crippen LogP contribution in [0.2, 0.25) is 0 Å². The van der Waals surface area contributed by atoms with Gasteiger partial charge in [0.25, 0.3) is 0 Å². The highest BCUT2D eigenvalue weighted by atomic mass is 35.5. The predicted molar refractivity (Wildman–Crippen MR) is 199 cm³/mol. The van der Waals surface area contributed by atoms with Gasteiger partial charge in [-0.15, -0.1) is 12.4 Å². The lowest BCUT2D eigenvalue weighted by atomic mass is 9.79. The van der Waals surface area contributed by atoms with Gasteiger partial charge in [-0.2, -0.15) is 0 Å². The van der Waals surface area contributed by atoms with Gasteiger partial charge in [-0.05, 0) is 81.6 Å². The number of benzene rings is 6. The lowest BCUT2D eigenvalue weighted by molar-refractivity contribution is 0.0218. The van der Waals surface area contributed by atoms with Crippen LogP contribution in [-0.2, 0) is 17.7 Å². The van der Waals surface area contributed by atoms with E-state index in [-0.39, 0.29) is 18.5 Å². The van der Waals surface area contributed by atoms with Gasteiger partial charge in [-0.25, -0.2) is 0 Å². The Balaban J connectivity index is 0.00000386. The second-order valence-electron chi connectivity index (χ2n) is 12.8. The first kappa shape index (κ1) is 32.7. The van der Waals surface area contributed by atoms with Crippen LogP contribution in [0.4, 0.5) is 0 Å². The smallest absolute Gasteiger partial charge is 0.0864 e. The molecular formula is C44H44ClNO. The van der Waals surface area contributed by atoms with Crippen molar-refractivity contribution in [2.24, 2.45) is 5.92 Å². The van der Waals surface area contributed by atoms with Crippen LogP contribution in [0.5, 0.6) is 0 Å². The van der Waals surface area contributed by atoms with Gasteiger partial charge in [-0.1, -0.05) is 146 Å². The summed E-state index contributed by atoms with van der Waals surface area (Å²) in [4.78, 5) is 2.68. The number of ether oxygens (including phenoxy) is 1. The first-order valence-electron chi connectivity index (χ1n) is 16.8. The summed E-state index contributed by atoms with van der Waals surface area (Å²) >= 11 is 0. The maximum Gasteiger partial charge on any atom is 0.0864 e. The molecule has 6 aromatic carbocycles. The highest BCUT2D eigenvalue weighted by Gasteiger charge is 2.31. The zero-order chi connectivity index (χ0) is 31.1. The van der Waals surface area contributed by atoms with Crippen molar-refractivity contribution < 1.29 is 4.74 Å². The largest absolute Gasteiger partial charge is 0.376 e. The molecule has 238 valence electrons. The molecule has 0 heterocycles. The Morgan fingerprint density at radius 1 is 0.660 bits per heavy atom. The molecule has 0 N–H and O–H groups in total. The van der Waals surface area contributed by atoms with E-state index in [1.807, 2.05) is 7.11 Å². The van der Waals surface area contributed by atoms with Crippen molar-refractivity contribution in [2.75, 3.05) is 20.2 Å². The number of hydrogen-bond donors (Lipinski definition) is 0. The quantitative estimate of drug-likeness (QED) is 0.140. The van der Waals surface area contributed by atoms with Crippen molar-refractivity contribution in [3.63, 3.8) is 0 Å². The molecule has 2 atom stereocenters. The van der Waals surface area contributed by atoms with Crippen molar-refractivity contribution >= 4 is 23.2 Å². The fourth-order valence-electron chi connectivity index (χ4n) is 7.52. The van der Waals surface area contributed by atoms with Crippen molar-refractivity contribution in [1.82, 2.24) is 4.90 Å². The predicted octanol–water partition coefficient (Wildman–Crippen LogP) is 10.9. The SMILES string of the molecule is COC1c2ccc(-c3ccc4ccccc4c3)cc2CCC1CN(CCC(c1ccccc1)c1ccccc1)Cc1ccccc1.Cl. The molecule has 0 saturated carbocycles. The number of hydrogen-bond acceptors (Lipinski definition) is 2. The van der Waals surface area contributed by atoms with Gasteiger partial charge in [0, 0.05) is 32.0 Å². The molecule has 1 aliphatic rings. The molecule has 0 radical (unpaired) electrons. The fourth-order valence-corrected chi connectivity index (χ4v) is 7.52. The highest BCUT2D eigenvalue weighted by Crippen LogP contribution is 2.40. The Labute approximate surface area is 286 Å². The number of fused-ring (bicyclic) bond motifs is 2. The Kier molecular flexibility index (Phi) is 10.9. The van der Waals surface area contributed by atoms with Crippen LogP contribution in [0.3, 0.4) is 0 Å². The van der Waals surface area contributed by atoms with E-state index in [4.69, 9.17) is 4.74 Å². The number of halogens is 1. The Morgan fingerprint density at radius 2 is 1.26 bits per heavy atom. The minimum absolute atomic E-state index is 0. The maximum absolute atomic E-state index is 6.32. The average Bonchev–Trinajstić information content (AvgIpc) is 3.12. The standard InChI is InChI=1S/C44H43NO.ClH/c1-46-44-41(24-23-40-30-39(25-26-43(40)44)38-22-21-34-15-11-12-20-37(34)29-38)32-45(31-33-13-5-2-6-14-33)28-27-42(35-16-7-3-8-17-35)36-18-9-4-10-19-36;/h2-22,25-26,29-30,41-42,44H,23-24,27-28,31-32H2,1H3;1H. The van der Waals surface area contributed by atoms with Gasteiger partial charge in [-0.3, -0.25) is 4.90 Å². The summed E-state index contributed by atoms with van der Waals surface area (Å²) in [5, 5.41) is 2.57. The van der Waals surface area contributed by atoms with E-state index in [0.29, 0.717) is 11.8 Å². The molecule has 0 fully saturated rings. The molecular weight excluding hydrogens is 594 g/mol. The summed E-state index contributed by atoms with van der Waals surface area (Å²) in [7, 11) is 1.90. The van der Waals surface area contributed by atoms with Gasteiger partial charge in [0.15, 0.2) is 0 Å². The summed E-state index contributed by atoms with van der Waals surface area (Å²) in [5.74, 6) is 0.791. The number of nitrogens with zero attached hydrogens (tertiary/aromatic N) is 1. The summed E-state index contributed by atoms with van der Waals surface area (Å²) in [6.45, 7) is 2.97. The minimum atomic E-state index is 0. The average molecular weight is 638 g/mol. The van der Waals surface area contributed by atoms with E-state index in [1.165, 1.54) is 49.7 Å². The molecule has 0 aliphatic heterocycles. The van der Waals surface area contributed by atoms with Crippen LogP contribution in [0.1, 0.15) is 52.7 Å². The van der Waals surface area contributed by atoms with Crippen LogP contribution in [0, 0.1) is 5.92 Å². The second-order valence-corrected chi connectivity index (χ2v) is 12.8. The number of methoxy groups -OCH3 is 1. The molecule has 2 unspecified atom stereocenters. The first-order chi connectivity index (χ1) is 22.7. The van der Waals surface area contributed by atoms with Crippen LogP contribution in [0.15, 0.2) is 152 Å². The molecule has 0 amide bonds. The zero-order valence-electron chi connectivity index (χ0n) is 27.2. The Hall–Kier alpha value is -4.21. The topological polar surface area (TPSA) is 12.5 Å². The molecule has 7 rings (SSSR count). The summed E-state index contributed by atoms with van der Waals surface area (Å²) in [5.41, 5.74) is 9.48. The number of aryl methyl sites for hydroxylation is 1. The highest BCUT2D eigenvalue weighted by molar-refractivity contribution is 5.87. The van der Waals surface area contributed by atoms with Gasteiger partial charge in [0.05, 0.1) is 6.10 Å². The molecule has 0 saturated heterocycles. The van der Waals surface area contributed by atoms with E-state index >= 15 is 0 Å². The van der Waals surface area contributed by atoms with E-state index in [9.17, 15) is 0 Å². The third kappa shape index (κ3) is 7.68. The fraction of sp³-hybridized carbons (Fsp3) is 0.227. The van der Waals surface area contributed by atoms with Crippen LogP contribution in [0.25, 0.3) is 21.9 Å². The lowest BCUT2D eigenvalue weighted by Gasteiger charge is -2.37. The Morgan fingerprint density at radius 3 is 1.94 bits per heavy atom. The van der Waals surface area contributed by atoms with Crippen LogP contribution >= 0.6 is 12.4 Å². The third-order valence-corrected chi connectivity index (χ3v) is 9.88. The summed E-state index contributed by atoms with van der Waals surface area (Å²) in [6, 6.07) is 55.4. The number of rotatable bonds is 11. The summed E-state index contributed by atoms with van der Waals surface area (Å²) in [6.07, 6.45) is 3.36. The van der Waals surface area contributed by atoms with Crippen molar-refractivity contribution in [1.29, 1.82) is 0 Å². The van der Waals surface area contributed by atoms with E-state index in [0.717, 1.165) is 38.9 Å². The van der Waals surface area contributed by atoms with E-state index in [1.54, 1.807) is 0 Å². The third-order valence-electron chi connectivity index (χ3n) is 9.88. The molecule has 1 aliphatic carbocycles. The monoisotopic (exact) mass is 637 g/mol. The van der Waals surface area contributed by atoms with Crippen molar-refractivity contribution in [3.8, 4) is 11.1 Å². The van der Waals surface area contributed by atoms with E-state index < -0.39 is 0 Å². The van der Waals surface area contributed by atoms with Crippen LogP contribution in [-0.4, -0.2) is 25.1 Å². The van der Waals surface area contributed by atoms with Gasteiger partial charge in [0.1, 0.15) is 0 Å². The summed E-state index contributed by atoms with van der Waals surface area (Å²) < 4.78 is 6.32. The molecule has 0 bridgehead atoms. The second kappa shape index (κ2) is 15.6. The van der Waals surface area contributed by atoms with Crippen molar-refractivity contribution in [3.05, 3.63) is 179 Å².